The Kier molecular flexibility index (Phi) is 7.86. The lowest BCUT2D eigenvalue weighted by Gasteiger charge is -2.32. The van der Waals surface area contributed by atoms with Crippen molar-refractivity contribution >= 4 is 11.7 Å². The number of aliphatic hydroxyl groups excluding tert-OH is 2. The summed E-state index contributed by atoms with van der Waals surface area (Å²) in [6.45, 7) is -1.27. The van der Waals surface area contributed by atoms with Crippen LogP contribution in [0.25, 0.3) is 10.4 Å². The van der Waals surface area contributed by atoms with Gasteiger partial charge < -0.3 is 35.6 Å². The van der Waals surface area contributed by atoms with Crippen LogP contribution in [0.2, 0.25) is 0 Å². The van der Waals surface area contributed by atoms with Gasteiger partial charge in [0.05, 0.1) is 24.8 Å². The smallest absolute Gasteiger partial charge is 0.394 e. The van der Waals surface area contributed by atoms with Gasteiger partial charge >= 0.3 is 12.1 Å². The van der Waals surface area contributed by atoms with Crippen LogP contribution in [0.3, 0.4) is 0 Å². The van der Waals surface area contributed by atoms with Gasteiger partial charge in [0.1, 0.15) is 24.9 Å². The molecule has 0 saturated carbocycles. The Balaban J connectivity index is 2.06. The number of amides is 1. The molecule has 30 heavy (non-hydrogen) atoms. The third-order valence-corrected chi connectivity index (χ3v) is 4.00. The Morgan fingerprint density at radius 1 is 1.60 bits per heavy atom. The molecular formula is C15H18F3N7O5. The quantitative estimate of drug-likeness (QED) is 0.184. The van der Waals surface area contributed by atoms with Crippen LogP contribution in [0, 0.1) is 11.8 Å². The van der Waals surface area contributed by atoms with E-state index in [0.29, 0.717) is 0 Å². The van der Waals surface area contributed by atoms with Crippen LogP contribution in [0.4, 0.5) is 13.2 Å². The topological polar surface area (TPSA) is 178 Å². The number of nitrogens with zero attached hydrogens (tertiary/aromatic N) is 5. The van der Waals surface area contributed by atoms with Gasteiger partial charge in [-0.05, 0) is 5.53 Å². The largest absolute Gasteiger partial charge is 0.471 e. The Bertz CT molecular complexity index is 816. The lowest BCUT2D eigenvalue weighted by atomic mass is 10.1. The third-order valence-electron chi connectivity index (χ3n) is 4.00. The summed E-state index contributed by atoms with van der Waals surface area (Å²) in [5.74, 6) is 2.47. The van der Waals surface area contributed by atoms with Crippen molar-refractivity contribution in [2.24, 2.45) is 15.8 Å². The highest BCUT2D eigenvalue weighted by molar-refractivity contribution is 6.01. The van der Waals surface area contributed by atoms with Gasteiger partial charge in [-0.2, -0.15) is 13.2 Å². The minimum Gasteiger partial charge on any atom is -0.394 e. The predicted molar refractivity (Wildman–Crippen MR) is 93.6 cm³/mol. The minimum absolute atomic E-state index is 0.0733. The number of rotatable bonds is 6. The Morgan fingerprint density at radius 2 is 2.33 bits per heavy atom. The Labute approximate surface area is 167 Å². The fraction of sp³-hybridized carbons (Fsp3) is 0.600. The van der Waals surface area contributed by atoms with E-state index in [4.69, 9.17) is 20.7 Å². The number of halogens is 3. The predicted octanol–water partition coefficient (Wildman–Crippen LogP) is -0.739. The number of aliphatic imine (C=N–C) groups is 1. The van der Waals surface area contributed by atoms with Gasteiger partial charge in [0.2, 0.25) is 6.35 Å². The van der Waals surface area contributed by atoms with Gasteiger partial charge in [0.25, 0.3) is 0 Å². The summed E-state index contributed by atoms with van der Waals surface area (Å²) in [6, 6.07) is 0. The molecule has 5 N–H and O–H groups in total. The molecule has 4 atom stereocenters. The normalized spacial score (nSPS) is 26.1. The van der Waals surface area contributed by atoms with Crippen molar-refractivity contribution in [3.63, 3.8) is 0 Å². The summed E-state index contributed by atoms with van der Waals surface area (Å²) >= 11 is 0. The zero-order valence-corrected chi connectivity index (χ0v) is 15.3. The standard InChI is InChI=1S/C15H18F3N7O5/c16-15(17,18)13(27)21-3-1-2-8-5-25(14(28)23-12(8)19)11-4-9(10(6-26)30-11)29-7-22-24-20/h5,9-11,14,26,28H,3-4,6-7H2,(H2,19,23)(H,21,27). The number of amidine groups is 1. The SMILES string of the molecule is [N-]=[N+]=NCOC1CC(N2C=C(C#CCNC(=O)C(F)(F)F)C(N)=NC2O)OC1CO. The summed E-state index contributed by atoms with van der Waals surface area (Å²) in [7, 11) is 0. The van der Waals surface area contributed by atoms with E-state index in [0.717, 1.165) is 0 Å². The molecule has 2 aliphatic rings. The average molecular weight is 433 g/mol. The first-order valence-electron chi connectivity index (χ1n) is 8.41. The fourth-order valence-electron chi connectivity index (χ4n) is 2.61. The number of azide groups is 1. The number of carbonyl (C=O) groups is 1. The second-order valence-electron chi connectivity index (χ2n) is 5.95. The summed E-state index contributed by atoms with van der Waals surface area (Å²) in [4.78, 5) is 18.3. The fourth-order valence-corrected chi connectivity index (χ4v) is 2.61. The summed E-state index contributed by atoms with van der Waals surface area (Å²) in [5, 5.41) is 24.4. The molecule has 1 amide bonds. The van der Waals surface area contributed by atoms with E-state index in [9.17, 15) is 28.2 Å². The summed E-state index contributed by atoms with van der Waals surface area (Å²) < 4.78 is 47.4. The minimum atomic E-state index is -5.02. The maximum Gasteiger partial charge on any atom is 0.471 e. The molecule has 2 aliphatic heterocycles. The molecule has 0 spiro atoms. The summed E-state index contributed by atoms with van der Waals surface area (Å²) in [6.07, 6.45) is -7.22. The number of ether oxygens (including phenoxy) is 2. The number of nitrogens with one attached hydrogen (secondary N) is 1. The van der Waals surface area contributed by atoms with Crippen molar-refractivity contribution in [2.45, 2.75) is 37.4 Å². The number of alkyl halides is 3. The van der Waals surface area contributed by atoms with Crippen LogP contribution in [-0.4, -0.2) is 77.7 Å². The van der Waals surface area contributed by atoms with Gasteiger partial charge in [-0.1, -0.05) is 17.0 Å². The molecule has 0 aromatic carbocycles. The zero-order chi connectivity index (χ0) is 22.3. The Morgan fingerprint density at radius 3 is 2.97 bits per heavy atom. The van der Waals surface area contributed by atoms with Gasteiger partial charge in [-0.15, -0.1) is 0 Å². The zero-order valence-electron chi connectivity index (χ0n) is 15.3. The number of hydrogen-bond acceptors (Lipinski definition) is 9. The average Bonchev–Trinajstić information content (AvgIpc) is 3.08. The van der Waals surface area contributed by atoms with Crippen LogP contribution in [-0.2, 0) is 14.3 Å². The van der Waals surface area contributed by atoms with E-state index >= 15 is 0 Å². The first kappa shape index (κ1) is 23.3. The maximum atomic E-state index is 12.1. The van der Waals surface area contributed by atoms with Crippen molar-refractivity contribution in [3.8, 4) is 11.8 Å². The van der Waals surface area contributed by atoms with E-state index in [1.54, 1.807) is 5.32 Å². The van der Waals surface area contributed by atoms with Gasteiger partial charge in [0.15, 0.2) is 0 Å². The molecule has 0 radical (unpaired) electrons. The molecular weight excluding hydrogens is 415 g/mol. The molecule has 1 fully saturated rings. The molecule has 0 aromatic rings. The highest BCUT2D eigenvalue weighted by Crippen LogP contribution is 2.29. The van der Waals surface area contributed by atoms with Crippen molar-refractivity contribution < 1.29 is 37.7 Å². The number of hydrogen-bond donors (Lipinski definition) is 4. The van der Waals surface area contributed by atoms with E-state index in [-0.39, 0.29) is 24.6 Å². The van der Waals surface area contributed by atoms with Crippen molar-refractivity contribution in [1.82, 2.24) is 10.2 Å². The maximum absolute atomic E-state index is 12.1. The Hall–Kier alpha value is -3.02. The number of nitrogens with two attached hydrogens (primary N) is 1. The van der Waals surface area contributed by atoms with E-state index in [1.165, 1.54) is 11.1 Å². The second-order valence-corrected chi connectivity index (χ2v) is 5.95. The molecule has 0 aliphatic carbocycles. The van der Waals surface area contributed by atoms with Gasteiger partial charge in [-0.3, -0.25) is 4.79 Å². The van der Waals surface area contributed by atoms with Gasteiger partial charge in [0, 0.05) is 17.5 Å². The van der Waals surface area contributed by atoms with E-state index < -0.39 is 50.0 Å². The van der Waals surface area contributed by atoms with Gasteiger partial charge in [-0.25, -0.2) is 4.99 Å². The lowest BCUT2D eigenvalue weighted by molar-refractivity contribution is -0.173. The van der Waals surface area contributed by atoms with Crippen LogP contribution in [0.15, 0.2) is 21.9 Å². The van der Waals surface area contributed by atoms with Crippen LogP contribution < -0.4 is 11.1 Å². The third kappa shape index (κ3) is 5.99. The molecule has 15 heteroatoms. The highest BCUT2D eigenvalue weighted by atomic mass is 19.4. The van der Waals surface area contributed by atoms with Crippen LogP contribution in [0.1, 0.15) is 6.42 Å². The molecule has 1 saturated heterocycles. The highest BCUT2D eigenvalue weighted by Gasteiger charge is 2.41. The molecule has 2 heterocycles. The molecule has 12 nitrogen and oxygen atoms in total. The van der Waals surface area contributed by atoms with Crippen LogP contribution in [0.5, 0.6) is 0 Å². The van der Waals surface area contributed by atoms with Crippen molar-refractivity contribution in [3.05, 3.63) is 22.2 Å². The first-order valence-corrected chi connectivity index (χ1v) is 8.41. The lowest BCUT2D eigenvalue weighted by Crippen LogP contribution is -2.43. The second kappa shape index (κ2) is 10.1. The number of carbonyl (C=O) groups excluding carboxylic acids is 1. The molecule has 2 rings (SSSR count). The monoisotopic (exact) mass is 433 g/mol. The van der Waals surface area contributed by atoms with E-state index in [2.05, 4.69) is 26.9 Å². The number of aliphatic hydroxyl groups is 2. The first-order chi connectivity index (χ1) is 14.2. The van der Waals surface area contributed by atoms with Crippen molar-refractivity contribution in [1.29, 1.82) is 0 Å². The van der Waals surface area contributed by atoms with Crippen molar-refractivity contribution in [2.75, 3.05) is 19.9 Å². The molecule has 4 unspecified atom stereocenters. The van der Waals surface area contributed by atoms with Crippen LogP contribution >= 0.6 is 0 Å². The molecule has 0 bridgehead atoms. The van der Waals surface area contributed by atoms with E-state index in [1.807, 2.05) is 0 Å². The molecule has 164 valence electrons. The molecule has 0 aromatic heterocycles. The summed E-state index contributed by atoms with van der Waals surface area (Å²) in [5.41, 5.74) is 14.0.